The number of para-hydroxylation sites is 2. The molecule has 0 aliphatic carbocycles. The van der Waals surface area contributed by atoms with Gasteiger partial charge in [0.05, 0.1) is 16.4 Å². The van der Waals surface area contributed by atoms with Gasteiger partial charge in [-0.2, -0.15) is 0 Å². The lowest BCUT2D eigenvalue weighted by atomic mass is 10.1. The molecule has 0 spiro atoms. The molecule has 1 aliphatic rings. The van der Waals surface area contributed by atoms with E-state index in [1.807, 2.05) is 84.9 Å². The monoisotopic (exact) mass is 397 g/mol. The van der Waals surface area contributed by atoms with Crippen LogP contribution in [0.5, 0.6) is 5.88 Å². The molecule has 5 rings (SSSR count). The molecular formula is C24H16ClN3O. The molecule has 140 valence electrons. The Kier molecular flexibility index (Phi) is 4.26. The van der Waals surface area contributed by atoms with E-state index in [0.29, 0.717) is 16.5 Å². The third-order valence-corrected chi connectivity index (χ3v) is 5.19. The van der Waals surface area contributed by atoms with E-state index in [9.17, 15) is 5.11 Å². The molecule has 0 unspecified atom stereocenters. The number of nitrogens with zero attached hydrogens (tertiary/aromatic N) is 3. The summed E-state index contributed by atoms with van der Waals surface area (Å²) in [5.74, 6) is 0.630. The molecule has 0 bridgehead atoms. The van der Waals surface area contributed by atoms with Crippen LogP contribution >= 0.6 is 11.6 Å². The number of rotatable bonds is 3. The maximum Gasteiger partial charge on any atom is 0.224 e. The second kappa shape index (κ2) is 7.08. The van der Waals surface area contributed by atoms with Crippen molar-refractivity contribution in [1.29, 1.82) is 0 Å². The van der Waals surface area contributed by atoms with Crippen LogP contribution in [0.1, 0.15) is 11.3 Å². The molecular weight excluding hydrogens is 382 g/mol. The first-order chi connectivity index (χ1) is 14.2. The molecule has 1 N–H and O–H groups in total. The number of aliphatic imine (C=N–C) groups is 1. The summed E-state index contributed by atoms with van der Waals surface area (Å²) in [6.45, 7) is 0. The Balaban J connectivity index is 1.72. The summed E-state index contributed by atoms with van der Waals surface area (Å²) >= 11 is 6.45. The van der Waals surface area contributed by atoms with E-state index in [4.69, 9.17) is 16.6 Å². The molecule has 29 heavy (non-hydrogen) atoms. The van der Waals surface area contributed by atoms with E-state index in [1.54, 1.807) is 10.8 Å². The maximum atomic E-state index is 11.1. The van der Waals surface area contributed by atoms with Gasteiger partial charge in [-0.25, -0.2) is 4.98 Å². The van der Waals surface area contributed by atoms with E-state index < -0.39 is 0 Å². The van der Waals surface area contributed by atoms with Gasteiger partial charge < -0.3 is 5.11 Å². The quantitative estimate of drug-likeness (QED) is 0.450. The molecule has 0 amide bonds. The van der Waals surface area contributed by atoms with Gasteiger partial charge in [0.1, 0.15) is 11.5 Å². The molecule has 1 aliphatic heterocycles. The summed E-state index contributed by atoms with van der Waals surface area (Å²) in [6.07, 6.45) is 3.64. The SMILES string of the molecule is Oc1c(/C=C2\C=Nc3ccccc32)nc(-c2ccccc2Cl)n1-c1ccccc1. The summed E-state index contributed by atoms with van der Waals surface area (Å²) < 4.78 is 1.71. The molecule has 0 radical (unpaired) electrons. The Morgan fingerprint density at radius 3 is 2.31 bits per heavy atom. The van der Waals surface area contributed by atoms with Gasteiger partial charge in [-0.05, 0) is 36.4 Å². The summed E-state index contributed by atoms with van der Waals surface area (Å²) in [4.78, 5) is 9.18. The van der Waals surface area contributed by atoms with Crippen molar-refractivity contribution in [2.24, 2.45) is 4.99 Å². The molecule has 0 fully saturated rings. The van der Waals surface area contributed by atoms with Crippen molar-refractivity contribution in [2.75, 3.05) is 0 Å². The minimum absolute atomic E-state index is 0.0522. The Labute approximate surface area is 173 Å². The number of imidazole rings is 1. The van der Waals surface area contributed by atoms with Crippen molar-refractivity contribution < 1.29 is 5.11 Å². The van der Waals surface area contributed by atoms with Crippen molar-refractivity contribution in [3.8, 4) is 23.0 Å². The van der Waals surface area contributed by atoms with E-state index in [-0.39, 0.29) is 5.88 Å². The van der Waals surface area contributed by atoms with Gasteiger partial charge in [-0.1, -0.05) is 60.1 Å². The topological polar surface area (TPSA) is 50.4 Å². The zero-order valence-corrected chi connectivity index (χ0v) is 16.1. The molecule has 4 aromatic rings. The number of fused-ring (bicyclic) bond motifs is 1. The summed E-state index contributed by atoms with van der Waals surface area (Å²) in [5.41, 5.74) is 4.84. The minimum atomic E-state index is 0.0522. The Hall–Kier alpha value is -3.63. The van der Waals surface area contributed by atoms with Crippen molar-refractivity contribution >= 4 is 35.2 Å². The van der Waals surface area contributed by atoms with Crippen LogP contribution in [-0.4, -0.2) is 20.9 Å². The highest BCUT2D eigenvalue weighted by atomic mass is 35.5. The molecule has 4 nitrogen and oxygen atoms in total. The van der Waals surface area contributed by atoms with Crippen LogP contribution in [0.2, 0.25) is 5.02 Å². The van der Waals surface area contributed by atoms with Gasteiger partial charge in [-0.15, -0.1) is 0 Å². The predicted octanol–water partition coefficient (Wildman–Crippen LogP) is 6.15. The lowest BCUT2D eigenvalue weighted by Gasteiger charge is -2.10. The van der Waals surface area contributed by atoms with E-state index in [1.165, 1.54) is 0 Å². The van der Waals surface area contributed by atoms with Crippen molar-refractivity contribution in [3.63, 3.8) is 0 Å². The van der Waals surface area contributed by atoms with Crippen LogP contribution in [0.15, 0.2) is 83.9 Å². The number of hydrogen-bond acceptors (Lipinski definition) is 3. The average molecular weight is 398 g/mol. The zero-order valence-electron chi connectivity index (χ0n) is 15.3. The summed E-state index contributed by atoms with van der Waals surface area (Å²) in [6, 6.07) is 25.0. The number of allylic oxidation sites excluding steroid dienone is 1. The molecule has 5 heteroatoms. The van der Waals surface area contributed by atoms with Gasteiger partial charge in [0.2, 0.25) is 5.88 Å². The standard InChI is InChI=1S/C24H16ClN3O/c25-20-12-6-4-11-19(20)23-27-22(24(29)28(23)17-8-2-1-3-9-17)14-16-15-26-21-13-7-5-10-18(16)21/h1-15,29H/b16-14+. The minimum Gasteiger partial charge on any atom is -0.493 e. The van der Waals surface area contributed by atoms with Gasteiger partial charge >= 0.3 is 0 Å². The Bertz CT molecular complexity index is 1270. The number of aromatic hydroxyl groups is 1. The maximum absolute atomic E-state index is 11.1. The van der Waals surface area contributed by atoms with Gasteiger partial charge in [0.15, 0.2) is 0 Å². The number of hydrogen-bond donors (Lipinski definition) is 1. The molecule has 1 aromatic heterocycles. The first-order valence-corrected chi connectivity index (χ1v) is 9.57. The lowest BCUT2D eigenvalue weighted by molar-refractivity contribution is 0.442. The van der Waals surface area contributed by atoms with Gasteiger partial charge in [-0.3, -0.25) is 9.56 Å². The second-order valence-corrected chi connectivity index (χ2v) is 7.08. The van der Waals surface area contributed by atoms with E-state index >= 15 is 0 Å². The van der Waals surface area contributed by atoms with Crippen molar-refractivity contribution in [2.45, 2.75) is 0 Å². The predicted molar refractivity (Wildman–Crippen MR) is 118 cm³/mol. The van der Waals surface area contributed by atoms with Crippen LogP contribution in [0, 0.1) is 0 Å². The summed E-state index contributed by atoms with van der Waals surface area (Å²) in [7, 11) is 0. The normalized spacial score (nSPS) is 13.8. The van der Waals surface area contributed by atoms with E-state index in [2.05, 4.69) is 4.99 Å². The van der Waals surface area contributed by atoms with Crippen LogP contribution in [0.3, 0.4) is 0 Å². The Morgan fingerprint density at radius 2 is 1.52 bits per heavy atom. The van der Waals surface area contributed by atoms with Gasteiger partial charge in [0, 0.05) is 22.9 Å². The zero-order chi connectivity index (χ0) is 19.8. The third kappa shape index (κ3) is 3.04. The largest absolute Gasteiger partial charge is 0.493 e. The number of benzene rings is 3. The second-order valence-electron chi connectivity index (χ2n) is 6.67. The molecule has 3 aromatic carbocycles. The van der Waals surface area contributed by atoms with Crippen LogP contribution in [-0.2, 0) is 0 Å². The highest BCUT2D eigenvalue weighted by Gasteiger charge is 2.21. The fourth-order valence-corrected chi connectivity index (χ4v) is 3.69. The molecule has 0 atom stereocenters. The fraction of sp³-hybridized carbons (Fsp3) is 0. The third-order valence-electron chi connectivity index (χ3n) is 4.86. The first-order valence-electron chi connectivity index (χ1n) is 9.19. The fourth-order valence-electron chi connectivity index (χ4n) is 3.47. The van der Waals surface area contributed by atoms with Crippen LogP contribution in [0.25, 0.3) is 28.7 Å². The molecule has 0 saturated heterocycles. The highest BCUT2D eigenvalue weighted by molar-refractivity contribution is 6.33. The number of aromatic nitrogens is 2. The Morgan fingerprint density at radius 1 is 0.828 bits per heavy atom. The lowest BCUT2D eigenvalue weighted by Crippen LogP contribution is -1.97. The van der Waals surface area contributed by atoms with E-state index in [0.717, 1.165) is 28.1 Å². The van der Waals surface area contributed by atoms with Crippen LogP contribution < -0.4 is 0 Å². The van der Waals surface area contributed by atoms with Gasteiger partial charge in [0.25, 0.3) is 0 Å². The highest BCUT2D eigenvalue weighted by Crippen LogP contribution is 2.37. The first kappa shape index (κ1) is 17.5. The van der Waals surface area contributed by atoms with Crippen molar-refractivity contribution in [1.82, 2.24) is 9.55 Å². The van der Waals surface area contributed by atoms with Crippen LogP contribution in [0.4, 0.5) is 5.69 Å². The average Bonchev–Trinajstić information content (AvgIpc) is 3.31. The smallest absolute Gasteiger partial charge is 0.224 e. The number of halogens is 1. The molecule has 2 heterocycles. The molecule has 0 saturated carbocycles. The van der Waals surface area contributed by atoms with Crippen molar-refractivity contribution in [3.05, 3.63) is 95.1 Å². The summed E-state index contributed by atoms with van der Waals surface area (Å²) in [5, 5.41) is 11.7.